The molecule has 0 saturated heterocycles. The lowest BCUT2D eigenvalue weighted by Gasteiger charge is -2.15. The molecule has 0 amide bonds. The highest BCUT2D eigenvalue weighted by Crippen LogP contribution is 2.37. The third-order valence-electron chi connectivity index (χ3n) is 2.54. The molecule has 0 fully saturated rings. The van der Waals surface area contributed by atoms with Crippen molar-refractivity contribution >= 4 is 17.6 Å². The Morgan fingerprint density at radius 3 is 2.72 bits per heavy atom. The van der Waals surface area contributed by atoms with Crippen molar-refractivity contribution in [1.82, 2.24) is 9.78 Å². The highest BCUT2D eigenvalue weighted by molar-refractivity contribution is 7.99. The van der Waals surface area contributed by atoms with Crippen molar-refractivity contribution in [2.75, 3.05) is 0 Å². The average Bonchev–Trinajstić information content (AvgIpc) is 2.75. The maximum atomic E-state index is 7.49. The molecule has 0 aliphatic carbocycles. The van der Waals surface area contributed by atoms with Gasteiger partial charge in [-0.05, 0) is 5.56 Å². The molecule has 1 unspecified atom stereocenters. The molecule has 0 spiro atoms. The zero-order valence-corrected chi connectivity index (χ0v) is 11.0. The molecule has 1 heterocycles. The van der Waals surface area contributed by atoms with Crippen LogP contribution >= 0.6 is 11.8 Å². The van der Waals surface area contributed by atoms with Gasteiger partial charge in [0.25, 0.3) is 0 Å². The molecule has 0 aliphatic rings. The van der Waals surface area contributed by atoms with Gasteiger partial charge in [-0.2, -0.15) is 5.10 Å². The first-order valence-electron chi connectivity index (χ1n) is 5.68. The third kappa shape index (κ3) is 3.37. The molecule has 0 bridgehead atoms. The van der Waals surface area contributed by atoms with Crippen LogP contribution in [-0.4, -0.2) is 15.6 Å². The minimum atomic E-state index is 0.160. The Labute approximate surface area is 111 Å². The summed E-state index contributed by atoms with van der Waals surface area (Å²) in [6.45, 7) is 0. The van der Waals surface area contributed by atoms with Crippen LogP contribution in [0.15, 0.2) is 47.6 Å². The van der Waals surface area contributed by atoms with Crippen molar-refractivity contribution < 1.29 is 0 Å². The second kappa shape index (κ2) is 5.73. The standard InChI is InChI=1S/C13H16N4S/c1-17-9-11(8-16-17)18-12(7-13(14)15)10-5-3-2-4-6-10/h2-6,8-9,12H,7H2,1H3,(H3,14,15). The van der Waals surface area contributed by atoms with E-state index in [1.54, 1.807) is 16.4 Å². The van der Waals surface area contributed by atoms with E-state index in [0.29, 0.717) is 6.42 Å². The molecule has 0 aliphatic heterocycles. The van der Waals surface area contributed by atoms with Gasteiger partial charge in [0.1, 0.15) is 0 Å². The summed E-state index contributed by atoms with van der Waals surface area (Å²) in [7, 11) is 1.90. The minimum Gasteiger partial charge on any atom is -0.388 e. The van der Waals surface area contributed by atoms with E-state index in [0.717, 1.165) is 4.90 Å². The molecule has 5 heteroatoms. The number of rotatable bonds is 5. The Morgan fingerprint density at radius 2 is 2.17 bits per heavy atom. The summed E-state index contributed by atoms with van der Waals surface area (Å²) >= 11 is 1.69. The Morgan fingerprint density at radius 1 is 1.44 bits per heavy atom. The first-order valence-corrected chi connectivity index (χ1v) is 6.56. The Bertz CT molecular complexity index is 521. The number of benzene rings is 1. The van der Waals surface area contributed by atoms with Gasteiger partial charge >= 0.3 is 0 Å². The highest BCUT2D eigenvalue weighted by Gasteiger charge is 2.15. The molecule has 0 radical (unpaired) electrons. The van der Waals surface area contributed by atoms with Crippen LogP contribution in [0.5, 0.6) is 0 Å². The van der Waals surface area contributed by atoms with Crippen LogP contribution in [0.4, 0.5) is 0 Å². The van der Waals surface area contributed by atoms with Gasteiger partial charge in [-0.15, -0.1) is 11.8 Å². The van der Waals surface area contributed by atoms with Crippen LogP contribution in [0, 0.1) is 5.41 Å². The fourth-order valence-electron chi connectivity index (χ4n) is 1.72. The van der Waals surface area contributed by atoms with Crippen LogP contribution in [0.2, 0.25) is 0 Å². The SMILES string of the molecule is Cn1cc(SC(CC(=N)N)c2ccccc2)cn1. The summed E-state index contributed by atoms with van der Waals surface area (Å²) in [4.78, 5) is 1.09. The molecular weight excluding hydrogens is 244 g/mol. The first kappa shape index (κ1) is 12.7. The second-order valence-electron chi connectivity index (χ2n) is 4.10. The zero-order valence-electron chi connectivity index (χ0n) is 10.2. The van der Waals surface area contributed by atoms with Crippen molar-refractivity contribution in [2.24, 2.45) is 12.8 Å². The monoisotopic (exact) mass is 260 g/mol. The van der Waals surface area contributed by atoms with Crippen LogP contribution in [0.25, 0.3) is 0 Å². The van der Waals surface area contributed by atoms with E-state index in [2.05, 4.69) is 17.2 Å². The van der Waals surface area contributed by atoms with Crippen LogP contribution < -0.4 is 5.73 Å². The lowest BCUT2D eigenvalue weighted by atomic mass is 10.1. The summed E-state index contributed by atoms with van der Waals surface area (Å²) in [6.07, 6.45) is 4.35. The number of aromatic nitrogens is 2. The van der Waals surface area contributed by atoms with E-state index < -0.39 is 0 Å². The third-order valence-corrected chi connectivity index (χ3v) is 3.74. The van der Waals surface area contributed by atoms with Crippen molar-refractivity contribution in [3.8, 4) is 0 Å². The lowest BCUT2D eigenvalue weighted by molar-refractivity contribution is 0.766. The van der Waals surface area contributed by atoms with Gasteiger partial charge < -0.3 is 5.73 Å². The van der Waals surface area contributed by atoms with Gasteiger partial charge in [0.2, 0.25) is 0 Å². The Kier molecular flexibility index (Phi) is 4.04. The number of nitrogens with zero attached hydrogens (tertiary/aromatic N) is 2. The maximum Gasteiger partial charge on any atom is 0.0920 e. The van der Waals surface area contributed by atoms with Crippen LogP contribution in [0.1, 0.15) is 17.2 Å². The van der Waals surface area contributed by atoms with Crippen molar-refractivity contribution in [1.29, 1.82) is 5.41 Å². The molecule has 1 atom stereocenters. The van der Waals surface area contributed by atoms with Gasteiger partial charge in [-0.3, -0.25) is 10.1 Å². The Hall–Kier alpha value is -1.75. The molecule has 4 nitrogen and oxygen atoms in total. The number of nitrogens with two attached hydrogens (primary N) is 1. The minimum absolute atomic E-state index is 0.160. The molecular formula is C13H16N4S. The predicted octanol–water partition coefficient (Wildman–Crippen LogP) is 2.58. The van der Waals surface area contributed by atoms with Gasteiger partial charge in [0.15, 0.2) is 0 Å². The number of hydrogen-bond donors (Lipinski definition) is 2. The van der Waals surface area contributed by atoms with E-state index in [4.69, 9.17) is 11.1 Å². The number of thioether (sulfide) groups is 1. The summed E-state index contributed by atoms with van der Waals surface area (Å²) in [5.74, 6) is 0.209. The fraction of sp³-hybridized carbons (Fsp3) is 0.231. The van der Waals surface area contributed by atoms with Crippen LogP contribution in [0.3, 0.4) is 0 Å². The molecule has 18 heavy (non-hydrogen) atoms. The number of amidine groups is 1. The summed E-state index contributed by atoms with van der Waals surface area (Å²) in [5.41, 5.74) is 6.72. The molecule has 94 valence electrons. The van der Waals surface area contributed by atoms with Gasteiger partial charge in [-0.1, -0.05) is 30.3 Å². The predicted molar refractivity (Wildman–Crippen MR) is 74.8 cm³/mol. The molecule has 0 saturated carbocycles. The van der Waals surface area contributed by atoms with E-state index >= 15 is 0 Å². The second-order valence-corrected chi connectivity index (χ2v) is 5.37. The summed E-state index contributed by atoms with van der Waals surface area (Å²) in [6, 6.07) is 10.1. The zero-order chi connectivity index (χ0) is 13.0. The molecule has 2 rings (SSSR count). The fourth-order valence-corrected chi connectivity index (χ4v) is 2.92. The molecule has 1 aromatic heterocycles. The number of hydrogen-bond acceptors (Lipinski definition) is 3. The number of aryl methyl sites for hydroxylation is 1. The average molecular weight is 260 g/mol. The normalized spacial score (nSPS) is 12.3. The number of nitrogens with one attached hydrogen (secondary N) is 1. The molecule has 2 aromatic rings. The maximum absolute atomic E-state index is 7.49. The van der Waals surface area contributed by atoms with E-state index in [1.807, 2.05) is 37.6 Å². The van der Waals surface area contributed by atoms with E-state index in [9.17, 15) is 0 Å². The summed E-state index contributed by atoms with van der Waals surface area (Å²) in [5, 5.41) is 11.8. The molecule has 1 aromatic carbocycles. The smallest absolute Gasteiger partial charge is 0.0920 e. The van der Waals surface area contributed by atoms with Gasteiger partial charge in [0.05, 0.1) is 12.0 Å². The summed E-state index contributed by atoms with van der Waals surface area (Å²) < 4.78 is 1.78. The molecule has 3 N–H and O–H groups in total. The lowest BCUT2D eigenvalue weighted by Crippen LogP contribution is -2.12. The topological polar surface area (TPSA) is 67.7 Å². The van der Waals surface area contributed by atoms with Crippen molar-refractivity contribution in [2.45, 2.75) is 16.6 Å². The van der Waals surface area contributed by atoms with E-state index in [-0.39, 0.29) is 11.1 Å². The highest BCUT2D eigenvalue weighted by atomic mass is 32.2. The van der Waals surface area contributed by atoms with Gasteiger partial charge in [0, 0.05) is 29.8 Å². The van der Waals surface area contributed by atoms with E-state index in [1.165, 1.54) is 5.56 Å². The van der Waals surface area contributed by atoms with Gasteiger partial charge in [-0.25, -0.2) is 0 Å². The van der Waals surface area contributed by atoms with Crippen molar-refractivity contribution in [3.63, 3.8) is 0 Å². The first-order chi connectivity index (χ1) is 8.65. The quantitative estimate of drug-likeness (QED) is 0.493. The van der Waals surface area contributed by atoms with Crippen LogP contribution in [-0.2, 0) is 7.05 Å². The van der Waals surface area contributed by atoms with Crippen molar-refractivity contribution in [3.05, 3.63) is 48.3 Å². The largest absolute Gasteiger partial charge is 0.388 e. The Balaban J connectivity index is 2.18.